The number of benzene rings is 1. The van der Waals surface area contributed by atoms with Crippen molar-refractivity contribution < 1.29 is 4.79 Å². The summed E-state index contributed by atoms with van der Waals surface area (Å²) >= 11 is 0. The molecule has 0 radical (unpaired) electrons. The SMILES string of the molecule is CC(C)CCN(C(=O)[C@H](N)Cc1ccccc1)C1CC1. The molecule has 1 aliphatic rings. The lowest BCUT2D eigenvalue weighted by Gasteiger charge is -2.26. The normalized spacial score (nSPS) is 16.2. The Morgan fingerprint density at radius 1 is 1.30 bits per heavy atom. The molecule has 0 spiro atoms. The second kappa shape index (κ2) is 6.89. The maximum Gasteiger partial charge on any atom is 0.240 e. The first kappa shape index (κ1) is 15.0. The van der Waals surface area contributed by atoms with E-state index in [1.165, 1.54) is 0 Å². The smallest absolute Gasteiger partial charge is 0.240 e. The Kier molecular flexibility index (Phi) is 5.18. The van der Waals surface area contributed by atoms with Gasteiger partial charge in [-0.25, -0.2) is 0 Å². The molecule has 1 aromatic carbocycles. The van der Waals surface area contributed by atoms with E-state index in [1.54, 1.807) is 0 Å². The van der Waals surface area contributed by atoms with Crippen molar-refractivity contribution in [2.75, 3.05) is 6.54 Å². The van der Waals surface area contributed by atoms with Gasteiger partial charge in [-0.15, -0.1) is 0 Å². The molecule has 0 heterocycles. The predicted molar refractivity (Wildman–Crippen MR) is 82.3 cm³/mol. The van der Waals surface area contributed by atoms with Crippen LogP contribution in [-0.2, 0) is 11.2 Å². The molecule has 3 nitrogen and oxygen atoms in total. The maximum atomic E-state index is 12.5. The van der Waals surface area contributed by atoms with Crippen LogP contribution in [0.25, 0.3) is 0 Å². The van der Waals surface area contributed by atoms with Crippen LogP contribution < -0.4 is 5.73 Å². The first-order valence-electron chi connectivity index (χ1n) is 7.68. The summed E-state index contributed by atoms with van der Waals surface area (Å²) in [6.45, 7) is 5.24. The highest BCUT2D eigenvalue weighted by molar-refractivity contribution is 5.82. The van der Waals surface area contributed by atoms with Gasteiger partial charge in [0.25, 0.3) is 0 Å². The molecule has 1 aromatic rings. The van der Waals surface area contributed by atoms with E-state index in [0.717, 1.165) is 31.4 Å². The van der Waals surface area contributed by atoms with Crippen LogP contribution in [0, 0.1) is 5.92 Å². The minimum absolute atomic E-state index is 0.122. The van der Waals surface area contributed by atoms with Crippen molar-refractivity contribution in [1.29, 1.82) is 0 Å². The second-order valence-electron chi connectivity index (χ2n) is 6.24. The lowest BCUT2D eigenvalue weighted by atomic mass is 10.0. The van der Waals surface area contributed by atoms with E-state index in [-0.39, 0.29) is 5.91 Å². The van der Waals surface area contributed by atoms with Crippen molar-refractivity contribution >= 4 is 5.91 Å². The van der Waals surface area contributed by atoms with Gasteiger partial charge in [-0.05, 0) is 37.2 Å². The number of carbonyl (C=O) groups is 1. The number of hydrogen-bond donors (Lipinski definition) is 1. The van der Waals surface area contributed by atoms with E-state index in [4.69, 9.17) is 5.73 Å². The molecule has 1 atom stereocenters. The largest absolute Gasteiger partial charge is 0.338 e. The Morgan fingerprint density at radius 3 is 2.50 bits per heavy atom. The topological polar surface area (TPSA) is 46.3 Å². The summed E-state index contributed by atoms with van der Waals surface area (Å²) in [5.74, 6) is 0.742. The van der Waals surface area contributed by atoms with Gasteiger partial charge >= 0.3 is 0 Å². The predicted octanol–water partition coefficient (Wildman–Crippen LogP) is 2.59. The summed E-state index contributed by atoms with van der Waals surface area (Å²) in [4.78, 5) is 14.6. The number of nitrogens with two attached hydrogens (primary N) is 1. The zero-order valence-electron chi connectivity index (χ0n) is 12.6. The highest BCUT2D eigenvalue weighted by atomic mass is 16.2. The highest BCUT2D eigenvalue weighted by Gasteiger charge is 2.34. The number of carbonyl (C=O) groups excluding carboxylic acids is 1. The van der Waals surface area contributed by atoms with Crippen LogP contribution in [0.2, 0.25) is 0 Å². The molecule has 2 rings (SSSR count). The van der Waals surface area contributed by atoms with Gasteiger partial charge in [0.05, 0.1) is 6.04 Å². The van der Waals surface area contributed by atoms with E-state index >= 15 is 0 Å². The summed E-state index contributed by atoms with van der Waals surface area (Å²) in [5.41, 5.74) is 7.26. The quantitative estimate of drug-likeness (QED) is 0.830. The lowest BCUT2D eigenvalue weighted by Crippen LogP contribution is -2.46. The molecular formula is C17H26N2O. The Labute approximate surface area is 122 Å². The molecule has 2 N–H and O–H groups in total. The first-order valence-corrected chi connectivity index (χ1v) is 7.68. The minimum atomic E-state index is -0.412. The van der Waals surface area contributed by atoms with E-state index in [0.29, 0.717) is 18.4 Å². The third-order valence-electron chi connectivity index (χ3n) is 3.83. The van der Waals surface area contributed by atoms with Crippen LogP contribution in [0.15, 0.2) is 30.3 Å². The van der Waals surface area contributed by atoms with Gasteiger partial charge < -0.3 is 10.6 Å². The molecule has 110 valence electrons. The molecule has 0 unspecified atom stereocenters. The summed E-state index contributed by atoms with van der Waals surface area (Å²) in [6, 6.07) is 10.1. The summed E-state index contributed by atoms with van der Waals surface area (Å²) in [5, 5.41) is 0. The fraction of sp³-hybridized carbons (Fsp3) is 0.588. The molecule has 0 aromatic heterocycles. The van der Waals surface area contributed by atoms with E-state index in [1.807, 2.05) is 35.2 Å². The van der Waals surface area contributed by atoms with Crippen molar-refractivity contribution in [3.63, 3.8) is 0 Å². The molecule has 0 bridgehead atoms. The van der Waals surface area contributed by atoms with Crippen molar-refractivity contribution in [3.05, 3.63) is 35.9 Å². The lowest BCUT2D eigenvalue weighted by molar-refractivity contribution is -0.133. The fourth-order valence-electron chi connectivity index (χ4n) is 2.42. The summed E-state index contributed by atoms with van der Waals surface area (Å²) in [6.07, 6.45) is 3.97. The van der Waals surface area contributed by atoms with Crippen LogP contribution in [0.1, 0.15) is 38.7 Å². The second-order valence-corrected chi connectivity index (χ2v) is 6.24. The Morgan fingerprint density at radius 2 is 1.95 bits per heavy atom. The van der Waals surface area contributed by atoms with Gasteiger partial charge in [0.15, 0.2) is 0 Å². The van der Waals surface area contributed by atoms with Crippen molar-refractivity contribution in [1.82, 2.24) is 4.90 Å². The molecule has 0 saturated heterocycles. The standard InChI is InChI=1S/C17H26N2O/c1-13(2)10-11-19(15-8-9-15)17(20)16(18)12-14-6-4-3-5-7-14/h3-7,13,15-16H,8-12,18H2,1-2H3/t16-/m1/s1. The number of nitrogens with zero attached hydrogens (tertiary/aromatic N) is 1. The van der Waals surface area contributed by atoms with E-state index < -0.39 is 6.04 Å². The fourth-order valence-corrected chi connectivity index (χ4v) is 2.42. The zero-order chi connectivity index (χ0) is 14.5. The van der Waals surface area contributed by atoms with Crippen molar-refractivity contribution in [2.45, 2.75) is 51.6 Å². The molecule has 3 heteroatoms. The number of rotatable bonds is 7. The third kappa shape index (κ3) is 4.34. The Bertz CT molecular complexity index is 426. The molecule has 1 amide bonds. The Hall–Kier alpha value is -1.35. The maximum absolute atomic E-state index is 12.5. The third-order valence-corrected chi connectivity index (χ3v) is 3.83. The summed E-state index contributed by atoms with van der Waals surface area (Å²) < 4.78 is 0. The molecule has 1 fully saturated rings. The molecule has 20 heavy (non-hydrogen) atoms. The van der Waals surface area contributed by atoms with Gasteiger partial charge in [0.1, 0.15) is 0 Å². The molecule has 1 saturated carbocycles. The summed E-state index contributed by atoms with van der Waals surface area (Å²) in [7, 11) is 0. The molecular weight excluding hydrogens is 248 g/mol. The van der Waals surface area contributed by atoms with Gasteiger partial charge in [0.2, 0.25) is 5.91 Å². The monoisotopic (exact) mass is 274 g/mol. The van der Waals surface area contributed by atoms with Crippen LogP contribution >= 0.6 is 0 Å². The molecule has 0 aliphatic heterocycles. The van der Waals surface area contributed by atoms with Gasteiger partial charge in [0, 0.05) is 12.6 Å². The Balaban J connectivity index is 1.92. The van der Waals surface area contributed by atoms with Crippen molar-refractivity contribution in [3.8, 4) is 0 Å². The van der Waals surface area contributed by atoms with Crippen LogP contribution in [0.3, 0.4) is 0 Å². The first-order chi connectivity index (χ1) is 9.58. The minimum Gasteiger partial charge on any atom is -0.338 e. The van der Waals surface area contributed by atoms with Crippen molar-refractivity contribution in [2.24, 2.45) is 11.7 Å². The molecule has 1 aliphatic carbocycles. The highest BCUT2D eigenvalue weighted by Crippen LogP contribution is 2.28. The van der Waals surface area contributed by atoms with E-state index in [2.05, 4.69) is 13.8 Å². The average Bonchev–Trinajstić information content (AvgIpc) is 3.24. The number of amides is 1. The number of hydrogen-bond acceptors (Lipinski definition) is 2. The van der Waals surface area contributed by atoms with Gasteiger partial charge in [-0.3, -0.25) is 4.79 Å². The average molecular weight is 274 g/mol. The van der Waals surface area contributed by atoms with E-state index in [9.17, 15) is 4.79 Å². The van der Waals surface area contributed by atoms with Crippen LogP contribution in [0.4, 0.5) is 0 Å². The zero-order valence-corrected chi connectivity index (χ0v) is 12.6. The van der Waals surface area contributed by atoms with Crippen LogP contribution in [0.5, 0.6) is 0 Å². The van der Waals surface area contributed by atoms with Crippen LogP contribution in [-0.4, -0.2) is 29.4 Å². The van der Waals surface area contributed by atoms with Gasteiger partial charge in [-0.2, -0.15) is 0 Å². The van der Waals surface area contributed by atoms with Gasteiger partial charge in [-0.1, -0.05) is 44.2 Å².